The number of amides is 3. The fourth-order valence-corrected chi connectivity index (χ4v) is 3.94. The van der Waals surface area contributed by atoms with Crippen LogP contribution in [0, 0.1) is 18.7 Å². The zero-order valence-electron chi connectivity index (χ0n) is 19.1. The van der Waals surface area contributed by atoms with Crippen molar-refractivity contribution in [3.63, 3.8) is 0 Å². The summed E-state index contributed by atoms with van der Waals surface area (Å²) in [7, 11) is 0. The third-order valence-corrected chi connectivity index (χ3v) is 5.88. The van der Waals surface area contributed by atoms with E-state index >= 15 is 0 Å². The monoisotopic (exact) mass is 461 g/mol. The summed E-state index contributed by atoms with van der Waals surface area (Å²) in [6.07, 6.45) is 1.17. The number of likely N-dealkylation sites (tertiary alicyclic amines) is 1. The van der Waals surface area contributed by atoms with E-state index in [2.05, 4.69) is 10.6 Å². The highest BCUT2D eigenvalue weighted by Crippen LogP contribution is 2.30. The summed E-state index contributed by atoms with van der Waals surface area (Å²) in [5.74, 6) is 0.776. The van der Waals surface area contributed by atoms with Gasteiger partial charge in [-0.2, -0.15) is 0 Å². The lowest BCUT2D eigenvalue weighted by Crippen LogP contribution is -2.44. The van der Waals surface area contributed by atoms with Gasteiger partial charge in [0.15, 0.2) is 5.75 Å². The lowest BCUT2D eigenvalue weighted by molar-refractivity contribution is -0.126. The van der Waals surface area contributed by atoms with Gasteiger partial charge < -0.3 is 20.3 Å². The van der Waals surface area contributed by atoms with Gasteiger partial charge in [0, 0.05) is 25.6 Å². The fourth-order valence-electron chi connectivity index (χ4n) is 3.94. The predicted octanol–water partition coefficient (Wildman–Crippen LogP) is 5.49. The summed E-state index contributed by atoms with van der Waals surface area (Å²) in [6.45, 7) is 3.33. The van der Waals surface area contributed by atoms with Gasteiger partial charge in [-0.25, -0.2) is 9.18 Å². The molecule has 1 fully saturated rings. The van der Waals surface area contributed by atoms with E-state index < -0.39 is 0 Å². The van der Waals surface area contributed by atoms with Crippen LogP contribution in [0.5, 0.6) is 11.5 Å². The molecule has 0 aromatic heterocycles. The Bertz CT molecular complexity index is 1140. The number of ether oxygens (including phenoxy) is 1. The Labute approximate surface area is 198 Å². The van der Waals surface area contributed by atoms with Crippen LogP contribution in [0.1, 0.15) is 24.0 Å². The van der Waals surface area contributed by atoms with E-state index in [1.54, 1.807) is 23.1 Å². The molecule has 4 rings (SSSR count). The van der Waals surface area contributed by atoms with Gasteiger partial charge in [0.05, 0.1) is 5.69 Å². The first-order valence-corrected chi connectivity index (χ1v) is 11.4. The number of para-hydroxylation sites is 2. The number of nitrogens with one attached hydrogen (secondary N) is 2. The quantitative estimate of drug-likeness (QED) is 0.510. The van der Waals surface area contributed by atoms with E-state index in [1.165, 1.54) is 12.1 Å². The maximum absolute atomic E-state index is 13.0. The Morgan fingerprint density at radius 1 is 1.00 bits per heavy atom. The number of benzene rings is 3. The Morgan fingerprint density at radius 3 is 2.47 bits per heavy atom. The molecule has 1 heterocycles. The van der Waals surface area contributed by atoms with E-state index in [4.69, 9.17) is 4.74 Å². The summed E-state index contributed by atoms with van der Waals surface area (Å²) >= 11 is 0. The minimum atomic E-state index is -0.301. The lowest BCUT2D eigenvalue weighted by Gasteiger charge is -2.31. The van der Waals surface area contributed by atoms with Crippen molar-refractivity contribution in [1.82, 2.24) is 10.2 Å². The number of rotatable bonds is 6. The van der Waals surface area contributed by atoms with Gasteiger partial charge in [0.1, 0.15) is 11.6 Å². The molecule has 0 unspecified atom stereocenters. The van der Waals surface area contributed by atoms with Gasteiger partial charge in [0.2, 0.25) is 5.91 Å². The second-order valence-electron chi connectivity index (χ2n) is 8.45. The molecule has 0 bridgehead atoms. The number of urea groups is 1. The second-order valence-corrected chi connectivity index (χ2v) is 8.45. The first kappa shape index (κ1) is 23.3. The third kappa shape index (κ3) is 6.13. The van der Waals surface area contributed by atoms with E-state index in [9.17, 15) is 14.0 Å². The molecule has 7 heteroatoms. The smallest absolute Gasteiger partial charge is 0.321 e. The van der Waals surface area contributed by atoms with Crippen LogP contribution < -0.4 is 15.4 Å². The molecule has 0 saturated carbocycles. The number of carbonyl (C=O) groups is 2. The SMILES string of the molecule is Cc1cccc(Oc2ccccc2NC(=O)N2CCC(C(=O)NCc3ccc(F)cc3)CC2)c1. The predicted molar refractivity (Wildman–Crippen MR) is 129 cm³/mol. The largest absolute Gasteiger partial charge is 0.455 e. The first-order valence-electron chi connectivity index (χ1n) is 11.4. The molecule has 1 saturated heterocycles. The lowest BCUT2D eigenvalue weighted by atomic mass is 9.96. The van der Waals surface area contributed by atoms with Crippen molar-refractivity contribution in [2.75, 3.05) is 18.4 Å². The van der Waals surface area contributed by atoms with Crippen molar-refractivity contribution in [3.8, 4) is 11.5 Å². The van der Waals surface area contributed by atoms with Gasteiger partial charge in [-0.3, -0.25) is 4.79 Å². The molecule has 3 amide bonds. The highest BCUT2D eigenvalue weighted by atomic mass is 19.1. The number of hydrogen-bond acceptors (Lipinski definition) is 3. The van der Waals surface area contributed by atoms with Crippen LogP contribution in [0.3, 0.4) is 0 Å². The number of anilines is 1. The Kier molecular flexibility index (Phi) is 7.42. The molecule has 2 N–H and O–H groups in total. The van der Waals surface area contributed by atoms with Crippen LogP contribution in [0.2, 0.25) is 0 Å². The number of halogens is 1. The van der Waals surface area contributed by atoms with Gasteiger partial charge >= 0.3 is 6.03 Å². The minimum absolute atomic E-state index is 0.0405. The fraction of sp³-hybridized carbons (Fsp3) is 0.259. The molecule has 34 heavy (non-hydrogen) atoms. The van der Waals surface area contributed by atoms with Crippen LogP contribution in [-0.4, -0.2) is 29.9 Å². The van der Waals surface area contributed by atoms with Crippen molar-refractivity contribution < 1.29 is 18.7 Å². The normalized spacial score (nSPS) is 13.9. The van der Waals surface area contributed by atoms with E-state index in [-0.39, 0.29) is 23.7 Å². The summed E-state index contributed by atoms with van der Waals surface area (Å²) in [5, 5.41) is 5.85. The standard InChI is InChI=1S/C27H28FN3O3/c1-19-5-4-6-23(17-19)34-25-8-3-2-7-24(25)30-27(33)31-15-13-21(14-16-31)26(32)29-18-20-9-11-22(28)12-10-20/h2-12,17,21H,13-16,18H2,1H3,(H,29,32)(H,30,33). The zero-order chi connectivity index (χ0) is 23.9. The zero-order valence-corrected chi connectivity index (χ0v) is 19.1. The topological polar surface area (TPSA) is 70.7 Å². The van der Waals surface area contributed by atoms with Gasteiger partial charge in [-0.1, -0.05) is 36.4 Å². The molecule has 0 atom stereocenters. The van der Waals surface area contributed by atoms with Gasteiger partial charge in [-0.05, 0) is 67.3 Å². The summed E-state index contributed by atoms with van der Waals surface area (Å²) in [4.78, 5) is 27.1. The highest BCUT2D eigenvalue weighted by Gasteiger charge is 2.27. The first-order chi connectivity index (χ1) is 16.5. The van der Waals surface area contributed by atoms with Crippen molar-refractivity contribution in [3.05, 3.63) is 89.7 Å². The average molecular weight is 462 g/mol. The average Bonchev–Trinajstić information content (AvgIpc) is 2.85. The van der Waals surface area contributed by atoms with E-state index in [0.717, 1.165) is 11.1 Å². The molecule has 6 nitrogen and oxygen atoms in total. The van der Waals surface area contributed by atoms with Crippen LogP contribution in [-0.2, 0) is 11.3 Å². The summed E-state index contributed by atoms with van der Waals surface area (Å²) in [6, 6.07) is 20.9. The van der Waals surface area contributed by atoms with Crippen molar-refractivity contribution >= 4 is 17.6 Å². The van der Waals surface area contributed by atoms with E-state index in [1.807, 2.05) is 49.4 Å². The molecule has 3 aromatic rings. The number of aryl methyl sites for hydroxylation is 1. The van der Waals surface area contributed by atoms with Crippen molar-refractivity contribution in [1.29, 1.82) is 0 Å². The Hall–Kier alpha value is -3.87. The maximum atomic E-state index is 13.0. The molecular weight excluding hydrogens is 433 g/mol. The molecular formula is C27H28FN3O3. The van der Waals surface area contributed by atoms with Crippen molar-refractivity contribution in [2.45, 2.75) is 26.3 Å². The maximum Gasteiger partial charge on any atom is 0.321 e. The van der Waals surface area contributed by atoms with E-state index in [0.29, 0.717) is 49.7 Å². The second kappa shape index (κ2) is 10.8. The van der Waals surface area contributed by atoms with Gasteiger partial charge in [-0.15, -0.1) is 0 Å². The Balaban J connectivity index is 1.28. The van der Waals surface area contributed by atoms with Crippen LogP contribution in [0.25, 0.3) is 0 Å². The number of nitrogens with zero attached hydrogens (tertiary/aromatic N) is 1. The molecule has 1 aliphatic rings. The summed E-state index contributed by atoms with van der Waals surface area (Å²) < 4.78 is 19.0. The minimum Gasteiger partial charge on any atom is -0.455 e. The highest BCUT2D eigenvalue weighted by molar-refractivity contribution is 5.91. The van der Waals surface area contributed by atoms with Crippen molar-refractivity contribution in [2.24, 2.45) is 5.92 Å². The molecule has 176 valence electrons. The number of hydrogen-bond donors (Lipinski definition) is 2. The van der Waals surface area contributed by atoms with Gasteiger partial charge in [0.25, 0.3) is 0 Å². The van der Waals surface area contributed by atoms with Crippen LogP contribution in [0.4, 0.5) is 14.9 Å². The summed E-state index contributed by atoms with van der Waals surface area (Å²) in [5.41, 5.74) is 2.52. The molecule has 1 aliphatic heterocycles. The number of carbonyl (C=O) groups excluding carboxylic acids is 2. The van der Waals surface area contributed by atoms with Crippen LogP contribution >= 0.6 is 0 Å². The molecule has 3 aromatic carbocycles. The third-order valence-electron chi connectivity index (χ3n) is 5.88. The molecule has 0 radical (unpaired) electrons. The molecule has 0 aliphatic carbocycles. The molecule has 0 spiro atoms. The number of piperidine rings is 1. The Morgan fingerprint density at radius 2 is 1.74 bits per heavy atom. The van der Waals surface area contributed by atoms with Crippen LogP contribution in [0.15, 0.2) is 72.8 Å².